The van der Waals surface area contributed by atoms with Gasteiger partial charge in [0.15, 0.2) is 0 Å². The lowest BCUT2D eigenvalue weighted by atomic mass is 10.2. The monoisotopic (exact) mass is 278 g/mol. The average Bonchev–Trinajstić information content (AvgIpc) is 3.04. The summed E-state index contributed by atoms with van der Waals surface area (Å²) in [5, 5.41) is 4.23. The summed E-state index contributed by atoms with van der Waals surface area (Å²) in [5.74, 6) is 0. The summed E-state index contributed by atoms with van der Waals surface area (Å²) in [6.45, 7) is 0.236. The Morgan fingerprint density at radius 2 is 1.62 bits per heavy atom. The Hall–Kier alpha value is -2.88. The van der Waals surface area contributed by atoms with E-state index in [9.17, 15) is 4.79 Å². The summed E-state index contributed by atoms with van der Waals surface area (Å²) in [6, 6.07) is 21.0. The number of nitrogens with zero attached hydrogens (tertiary/aromatic N) is 2. The van der Waals surface area contributed by atoms with Gasteiger partial charge in [-0.15, -0.1) is 0 Å². The first kappa shape index (κ1) is 13.1. The van der Waals surface area contributed by atoms with Crippen molar-refractivity contribution in [2.75, 3.05) is 0 Å². The van der Waals surface area contributed by atoms with Crippen LogP contribution in [-0.4, -0.2) is 15.9 Å². The molecule has 0 saturated carbocycles. The molecule has 3 rings (SSSR count). The van der Waals surface area contributed by atoms with E-state index in [0.717, 1.165) is 16.8 Å². The topological polar surface area (TPSA) is 44.1 Å². The van der Waals surface area contributed by atoms with Gasteiger partial charge < -0.3 is 4.74 Å². The van der Waals surface area contributed by atoms with E-state index in [-0.39, 0.29) is 6.61 Å². The second kappa shape index (κ2) is 6.05. The molecule has 0 fully saturated rings. The minimum Gasteiger partial charge on any atom is -0.443 e. The number of ether oxygens (including phenoxy) is 1. The SMILES string of the molecule is O=C(OCc1ccccc1)n1ccc(-c2ccccc2)n1. The van der Waals surface area contributed by atoms with Crippen LogP contribution in [0.15, 0.2) is 72.9 Å². The summed E-state index contributed by atoms with van der Waals surface area (Å²) < 4.78 is 6.44. The first-order valence-corrected chi connectivity index (χ1v) is 6.65. The van der Waals surface area contributed by atoms with Crippen molar-refractivity contribution in [2.45, 2.75) is 6.61 Å². The highest BCUT2D eigenvalue weighted by molar-refractivity contribution is 5.71. The minimum atomic E-state index is -0.485. The zero-order valence-electron chi connectivity index (χ0n) is 11.3. The van der Waals surface area contributed by atoms with Gasteiger partial charge >= 0.3 is 6.09 Å². The number of aromatic nitrogens is 2. The molecular weight excluding hydrogens is 264 g/mol. The summed E-state index contributed by atoms with van der Waals surface area (Å²) in [7, 11) is 0. The summed E-state index contributed by atoms with van der Waals surface area (Å²) >= 11 is 0. The van der Waals surface area contributed by atoms with Crippen LogP contribution in [0.1, 0.15) is 5.56 Å². The molecule has 1 heterocycles. The summed E-state index contributed by atoms with van der Waals surface area (Å²) in [6.07, 6.45) is 1.12. The number of rotatable bonds is 3. The summed E-state index contributed by atoms with van der Waals surface area (Å²) in [4.78, 5) is 11.9. The van der Waals surface area contributed by atoms with Crippen LogP contribution in [-0.2, 0) is 11.3 Å². The molecular formula is C17H14N2O2. The molecule has 1 aromatic heterocycles. The van der Waals surface area contributed by atoms with Gasteiger partial charge in [0.1, 0.15) is 6.61 Å². The third-order valence-electron chi connectivity index (χ3n) is 3.05. The number of benzene rings is 2. The molecule has 0 unspecified atom stereocenters. The van der Waals surface area contributed by atoms with Gasteiger partial charge in [0.2, 0.25) is 0 Å². The number of hydrogen-bond acceptors (Lipinski definition) is 3. The highest BCUT2D eigenvalue weighted by Gasteiger charge is 2.09. The van der Waals surface area contributed by atoms with E-state index in [1.54, 1.807) is 12.3 Å². The molecule has 4 nitrogen and oxygen atoms in total. The molecule has 0 radical (unpaired) electrons. The lowest BCUT2D eigenvalue weighted by Crippen LogP contribution is -2.14. The van der Waals surface area contributed by atoms with Crippen molar-refractivity contribution >= 4 is 6.09 Å². The lowest BCUT2D eigenvalue weighted by Gasteiger charge is -2.04. The van der Waals surface area contributed by atoms with Gasteiger partial charge in [-0.2, -0.15) is 9.78 Å². The Kier molecular flexibility index (Phi) is 3.78. The molecule has 104 valence electrons. The zero-order valence-corrected chi connectivity index (χ0v) is 11.3. The maximum atomic E-state index is 11.9. The van der Waals surface area contributed by atoms with Crippen molar-refractivity contribution in [3.8, 4) is 11.3 Å². The van der Waals surface area contributed by atoms with E-state index in [1.807, 2.05) is 60.7 Å². The van der Waals surface area contributed by atoms with Crippen LogP contribution in [0.5, 0.6) is 0 Å². The highest BCUT2D eigenvalue weighted by Crippen LogP contribution is 2.16. The fraction of sp³-hybridized carbons (Fsp3) is 0.0588. The van der Waals surface area contributed by atoms with Gasteiger partial charge in [0, 0.05) is 11.8 Å². The second-order valence-electron chi connectivity index (χ2n) is 4.55. The molecule has 0 aliphatic rings. The fourth-order valence-electron chi connectivity index (χ4n) is 1.97. The van der Waals surface area contributed by atoms with Crippen LogP contribution >= 0.6 is 0 Å². The molecule has 0 aliphatic heterocycles. The quantitative estimate of drug-likeness (QED) is 0.733. The van der Waals surface area contributed by atoms with E-state index in [1.165, 1.54) is 4.68 Å². The second-order valence-corrected chi connectivity index (χ2v) is 4.55. The van der Waals surface area contributed by atoms with E-state index in [0.29, 0.717) is 0 Å². The van der Waals surface area contributed by atoms with Gasteiger partial charge in [-0.1, -0.05) is 60.7 Å². The standard InChI is InChI=1S/C17H14N2O2/c20-17(21-13-14-7-3-1-4-8-14)19-12-11-16(18-19)15-9-5-2-6-10-15/h1-12H,13H2. The van der Waals surface area contributed by atoms with Gasteiger partial charge in [0.25, 0.3) is 0 Å². The third kappa shape index (κ3) is 3.17. The maximum absolute atomic E-state index is 11.9. The van der Waals surface area contributed by atoms with Crippen LogP contribution in [0.2, 0.25) is 0 Å². The van der Waals surface area contributed by atoms with Crippen molar-refractivity contribution in [2.24, 2.45) is 0 Å². The van der Waals surface area contributed by atoms with Gasteiger partial charge in [-0.25, -0.2) is 4.79 Å². The van der Waals surface area contributed by atoms with E-state index in [2.05, 4.69) is 5.10 Å². The average molecular weight is 278 g/mol. The van der Waals surface area contributed by atoms with Crippen molar-refractivity contribution in [1.82, 2.24) is 9.78 Å². The molecule has 0 spiro atoms. The molecule has 3 aromatic rings. The van der Waals surface area contributed by atoms with E-state index in [4.69, 9.17) is 4.74 Å². The number of carbonyl (C=O) groups excluding carboxylic acids is 1. The highest BCUT2D eigenvalue weighted by atomic mass is 16.6. The number of hydrogen-bond donors (Lipinski definition) is 0. The van der Waals surface area contributed by atoms with E-state index < -0.39 is 6.09 Å². The van der Waals surface area contributed by atoms with E-state index >= 15 is 0 Å². The van der Waals surface area contributed by atoms with Crippen LogP contribution in [0.25, 0.3) is 11.3 Å². The first-order chi connectivity index (χ1) is 10.3. The first-order valence-electron chi connectivity index (χ1n) is 6.65. The normalized spacial score (nSPS) is 10.3. The molecule has 2 aromatic carbocycles. The summed E-state index contributed by atoms with van der Waals surface area (Å²) in [5.41, 5.74) is 2.65. The van der Waals surface area contributed by atoms with Gasteiger partial charge in [-0.3, -0.25) is 0 Å². The number of carbonyl (C=O) groups is 1. The largest absolute Gasteiger partial charge is 0.443 e. The molecule has 0 bridgehead atoms. The smallest absolute Gasteiger partial charge is 0.435 e. The van der Waals surface area contributed by atoms with Crippen LogP contribution in [0, 0.1) is 0 Å². The maximum Gasteiger partial charge on any atom is 0.435 e. The zero-order chi connectivity index (χ0) is 14.5. The predicted octanol–water partition coefficient (Wildman–Crippen LogP) is 3.74. The Labute approximate surface area is 122 Å². The molecule has 0 aliphatic carbocycles. The minimum absolute atomic E-state index is 0.236. The molecule has 0 amide bonds. The van der Waals surface area contributed by atoms with Crippen LogP contribution in [0.4, 0.5) is 4.79 Å². The molecule has 4 heteroatoms. The van der Waals surface area contributed by atoms with Crippen molar-refractivity contribution in [3.05, 3.63) is 78.5 Å². The molecule has 0 N–H and O–H groups in total. The third-order valence-corrected chi connectivity index (χ3v) is 3.05. The Morgan fingerprint density at radius 1 is 0.952 bits per heavy atom. The van der Waals surface area contributed by atoms with Crippen molar-refractivity contribution in [3.63, 3.8) is 0 Å². The Bertz CT molecular complexity index is 721. The van der Waals surface area contributed by atoms with Gasteiger partial charge in [0.05, 0.1) is 5.69 Å². The van der Waals surface area contributed by atoms with Crippen LogP contribution in [0.3, 0.4) is 0 Å². The fourth-order valence-corrected chi connectivity index (χ4v) is 1.97. The Morgan fingerprint density at radius 3 is 2.33 bits per heavy atom. The molecule has 21 heavy (non-hydrogen) atoms. The molecule has 0 saturated heterocycles. The Balaban J connectivity index is 1.67. The lowest BCUT2D eigenvalue weighted by molar-refractivity contribution is 0.138. The van der Waals surface area contributed by atoms with Gasteiger partial charge in [-0.05, 0) is 11.6 Å². The van der Waals surface area contributed by atoms with Crippen molar-refractivity contribution in [1.29, 1.82) is 0 Å². The van der Waals surface area contributed by atoms with Crippen molar-refractivity contribution < 1.29 is 9.53 Å². The molecule has 0 atom stereocenters. The predicted molar refractivity (Wildman–Crippen MR) is 79.7 cm³/mol. The van der Waals surface area contributed by atoms with Crippen LogP contribution < -0.4 is 0 Å².